The average molecular weight is 221 g/mol. The van der Waals surface area contributed by atoms with E-state index in [-0.39, 0.29) is 0 Å². The van der Waals surface area contributed by atoms with E-state index in [0.29, 0.717) is 5.69 Å². The molecule has 1 heterocycles. The van der Waals surface area contributed by atoms with E-state index in [1.807, 2.05) is 24.3 Å². The first-order valence-electron chi connectivity index (χ1n) is 5.11. The summed E-state index contributed by atoms with van der Waals surface area (Å²) in [5, 5.41) is 8.74. The Morgan fingerprint density at radius 1 is 1.18 bits per heavy atom. The van der Waals surface area contributed by atoms with Crippen LogP contribution < -0.4 is 0 Å². The van der Waals surface area contributed by atoms with Gasteiger partial charge in [0.15, 0.2) is 5.69 Å². The molecular formula is C14H11N3. The maximum absolute atomic E-state index is 8.74. The zero-order valence-corrected chi connectivity index (χ0v) is 9.30. The fraction of sp³-hybridized carbons (Fsp3) is 0. The summed E-state index contributed by atoms with van der Waals surface area (Å²) in [6.45, 7) is 7.50. The largest absolute Gasteiger partial charge is 0.305 e. The van der Waals surface area contributed by atoms with Crippen LogP contribution in [0.5, 0.6) is 0 Å². The van der Waals surface area contributed by atoms with Crippen molar-refractivity contribution in [1.29, 1.82) is 5.26 Å². The maximum atomic E-state index is 8.74. The molecule has 0 N–H and O–H groups in total. The third kappa shape index (κ3) is 2.16. The van der Waals surface area contributed by atoms with Crippen LogP contribution in [0, 0.1) is 11.3 Å². The van der Waals surface area contributed by atoms with Gasteiger partial charge in [0.25, 0.3) is 0 Å². The highest BCUT2D eigenvalue weighted by Gasteiger charge is 2.02. The molecule has 82 valence electrons. The smallest absolute Gasteiger partial charge is 0.158 e. The minimum absolute atomic E-state index is 0.397. The molecule has 0 radical (unpaired) electrons. The Morgan fingerprint density at radius 3 is 2.29 bits per heavy atom. The molecule has 1 aromatic carbocycles. The van der Waals surface area contributed by atoms with Gasteiger partial charge in [0.05, 0.1) is 0 Å². The molecular weight excluding hydrogens is 210 g/mol. The highest BCUT2D eigenvalue weighted by Crippen LogP contribution is 2.16. The first-order valence-corrected chi connectivity index (χ1v) is 5.11. The summed E-state index contributed by atoms with van der Waals surface area (Å²) >= 11 is 0. The first kappa shape index (κ1) is 10.9. The molecule has 0 aliphatic rings. The maximum Gasteiger partial charge on any atom is 0.158 e. The summed E-state index contributed by atoms with van der Waals surface area (Å²) in [7, 11) is 0. The number of imidazole rings is 1. The van der Waals surface area contributed by atoms with E-state index in [1.54, 1.807) is 29.2 Å². The molecule has 0 aliphatic carbocycles. The minimum Gasteiger partial charge on any atom is -0.305 e. The zero-order valence-electron chi connectivity index (χ0n) is 9.30. The molecule has 0 saturated carbocycles. The summed E-state index contributed by atoms with van der Waals surface area (Å²) in [6, 6.07) is 7.94. The van der Waals surface area contributed by atoms with Crippen molar-refractivity contribution in [3.63, 3.8) is 0 Å². The second-order valence-corrected chi connectivity index (χ2v) is 3.54. The molecule has 1 aromatic heterocycles. The summed E-state index contributed by atoms with van der Waals surface area (Å²) in [6.07, 6.45) is 6.86. The Balaban J connectivity index is 2.54. The van der Waals surface area contributed by atoms with Gasteiger partial charge in [0, 0.05) is 11.9 Å². The molecule has 0 fully saturated rings. The Hall–Kier alpha value is -2.60. The van der Waals surface area contributed by atoms with Crippen molar-refractivity contribution in [3.05, 3.63) is 60.7 Å². The van der Waals surface area contributed by atoms with Crippen LogP contribution in [0.15, 0.2) is 43.9 Å². The van der Waals surface area contributed by atoms with Crippen molar-refractivity contribution in [2.75, 3.05) is 0 Å². The van der Waals surface area contributed by atoms with Crippen molar-refractivity contribution >= 4 is 12.2 Å². The van der Waals surface area contributed by atoms with E-state index in [1.165, 1.54) is 0 Å². The Morgan fingerprint density at radius 2 is 1.82 bits per heavy atom. The van der Waals surface area contributed by atoms with Crippen molar-refractivity contribution in [3.8, 4) is 11.8 Å². The second-order valence-electron chi connectivity index (χ2n) is 3.54. The number of rotatable bonds is 3. The van der Waals surface area contributed by atoms with Gasteiger partial charge < -0.3 is 4.57 Å². The first-order chi connectivity index (χ1) is 8.26. The van der Waals surface area contributed by atoms with Crippen LogP contribution in [-0.2, 0) is 0 Å². The lowest BCUT2D eigenvalue weighted by atomic mass is 10.1. The van der Waals surface area contributed by atoms with E-state index < -0.39 is 0 Å². The van der Waals surface area contributed by atoms with Gasteiger partial charge >= 0.3 is 0 Å². The number of nitriles is 1. The Labute approximate surface area is 100.0 Å². The van der Waals surface area contributed by atoms with Crippen LogP contribution in [0.25, 0.3) is 17.8 Å². The van der Waals surface area contributed by atoms with Gasteiger partial charge in [-0.2, -0.15) is 5.26 Å². The van der Waals surface area contributed by atoms with Crippen LogP contribution in [0.1, 0.15) is 16.8 Å². The van der Waals surface area contributed by atoms with Gasteiger partial charge in [-0.05, 0) is 29.3 Å². The molecule has 0 unspecified atom stereocenters. The Bertz CT molecular complexity index is 588. The normalized spacial score (nSPS) is 9.59. The summed E-state index contributed by atoms with van der Waals surface area (Å²) in [5.41, 5.74) is 3.34. The number of hydrogen-bond acceptors (Lipinski definition) is 2. The Kier molecular flexibility index (Phi) is 2.89. The quantitative estimate of drug-likeness (QED) is 0.799. The van der Waals surface area contributed by atoms with Crippen LogP contribution in [-0.4, -0.2) is 9.55 Å². The molecule has 0 spiro atoms. The molecule has 0 aliphatic heterocycles. The van der Waals surface area contributed by atoms with E-state index in [9.17, 15) is 0 Å². The summed E-state index contributed by atoms with van der Waals surface area (Å²) in [4.78, 5) is 3.97. The van der Waals surface area contributed by atoms with Gasteiger partial charge in [-0.3, -0.25) is 0 Å². The molecule has 0 bridgehead atoms. The molecule has 0 saturated heterocycles. The minimum atomic E-state index is 0.397. The molecule has 2 rings (SSSR count). The summed E-state index contributed by atoms with van der Waals surface area (Å²) < 4.78 is 1.80. The molecule has 0 atom stereocenters. The number of hydrogen-bond donors (Lipinski definition) is 0. The third-order valence-corrected chi connectivity index (χ3v) is 2.43. The number of nitrogens with zero attached hydrogens (tertiary/aromatic N) is 3. The average Bonchev–Trinajstić information content (AvgIpc) is 2.86. The molecule has 3 nitrogen and oxygen atoms in total. The topological polar surface area (TPSA) is 41.6 Å². The zero-order chi connectivity index (χ0) is 12.3. The fourth-order valence-electron chi connectivity index (χ4n) is 1.57. The lowest BCUT2D eigenvalue weighted by molar-refractivity contribution is 1.06. The molecule has 3 heteroatoms. The number of benzene rings is 1. The van der Waals surface area contributed by atoms with Crippen LogP contribution >= 0.6 is 0 Å². The standard InChI is InChI=1S/C14H11N3/c1-3-11-5-12(4-2)7-14(6-11)17-9-13(8-15)16-10-17/h3-7,9-10H,1-2H2. The molecule has 0 amide bonds. The van der Waals surface area contributed by atoms with Crippen LogP contribution in [0.4, 0.5) is 0 Å². The highest BCUT2D eigenvalue weighted by molar-refractivity contribution is 5.60. The van der Waals surface area contributed by atoms with Crippen molar-refractivity contribution in [2.45, 2.75) is 0 Å². The monoisotopic (exact) mass is 221 g/mol. The lowest BCUT2D eigenvalue weighted by Gasteiger charge is -2.05. The fourth-order valence-corrected chi connectivity index (χ4v) is 1.57. The van der Waals surface area contributed by atoms with Gasteiger partial charge in [0.1, 0.15) is 12.4 Å². The van der Waals surface area contributed by atoms with Gasteiger partial charge in [0.2, 0.25) is 0 Å². The highest BCUT2D eigenvalue weighted by atomic mass is 15.0. The second kappa shape index (κ2) is 4.50. The van der Waals surface area contributed by atoms with Crippen LogP contribution in [0.3, 0.4) is 0 Å². The summed E-state index contributed by atoms with van der Waals surface area (Å²) in [5.74, 6) is 0. The SMILES string of the molecule is C=Cc1cc(C=C)cc(-n2cnc(C#N)c2)c1. The van der Waals surface area contributed by atoms with Crippen molar-refractivity contribution in [2.24, 2.45) is 0 Å². The number of aromatic nitrogens is 2. The van der Waals surface area contributed by atoms with Gasteiger partial charge in [-0.25, -0.2) is 4.98 Å². The van der Waals surface area contributed by atoms with Crippen molar-refractivity contribution in [1.82, 2.24) is 9.55 Å². The van der Waals surface area contributed by atoms with Crippen LogP contribution in [0.2, 0.25) is 0 Å². The predicted molar refractivity (Wildman–Crippen MR) is 68.5 cm³/mol. The lowest BCUT2D eigenvalue weighted by Crippen LogP contribution is -1.91. The van der Waals surface area contributed by atoms with Gasteiger partial charge in [-0.15, -0.1) is 0 Å². The predicted octanol–water partition coefficient (Wildman–Crippen LogP) is 3.03. The van der Waals surface area contributed by atoms with E-state index in [2.05, 4.69) is 18.1 Å². The van der Waals surface area contributed by atoms with E-state index in [4.69, 9.17) is 5.26 Å². The molecule has 2 aromatic rings. The third-order valence-electron chi connectivity index (χ3n) is 2.43. The molecule has 17 heavy (non-hydrogen) atoms. The van der Waals surface area contributed by atoms with E-state index in [0.717, 1.165) is 16.8 Å². The van der Waals surface area contributed by atoms with Gasteiger partial charge in [-0.1, -0.05) is 25.3 Å². The van der Waals surface area contributed by atoms with E-state index >= 15 is 0 Å². The van der Waals surface area contributed by atoms with Crippen molar-refractivity contribution < 1.29 is 0 Å².